The summed E-state index contributed by atoms with van der Waals surface area (Å²) in [5.74, 6) is 1.60. The third-order valence-electron chi connectivity index (χ3n) is 3.26. The zero-order valence-electron chi connectivity index (χ0n) is 9.99. The molecule has 1 atom stereocenters. The van der Waals surface area contributed by atoms with Gasteiger partial charge in [0, 0.05) is 10.8 Å². The Kier molecular flexibility index (Phi) is 2.46. The molecule has 0 aromatic carbocycles. The predicted octanol–water partition coefficient (Wildman–Crippen LogP) is -0.315. The molecule has 1 aliphatic rings. The molecule has 0 saturated carbocycles. The van der Waals surface area contributed by atoms with Crippen LogP contribution in [0.2, 0.25) is 0 Å². The lowest BCUT2D eigenvalue weighted by Gasteiger charge is -2.30. The summed E-state index contributed by atoms with van der Waals surface area (Å²) in [4.78, 5) is 8.55. The summed E-state index contributed by atoms with van der Waals surface area (Å²) in [6.07, 6.45) is 4.86. The zero-order valence-corrected chi connectivity index (χ0v) is 9.99. The van der Waals surface area contributed by atoms with Crippen LogP contribution in [0.25, 0.3) is 12.2 Å². The van der Waals surface area contributed by atoms with Gasteiger partial charge in [0.05, 0.1) is 5.35 Å². The topological polar surface area (TPSA) is 77.8 Å². The van der Waals surface area contributed by atoms with Crippen LogP contribution in [-0.4, -0.2) is 15.5 Å². The molecule has 0 fully saturated rings. The summed E-state index contributed by atoms with van der Waals surface area (Å²) in [5.41, 5.74) is 11.9. The van der Waals surface area contributed by atoms with E-state index < -0.39 is 0 Å². The van der Waals surface area contributed by atoms with Crippen molar-refractivity contribution in [3.63, 3.8) is 0 Å². The molecule has 4 heteroatoms. The summed E-state index contributed by atoms with van der Waals surface area (Å²) in [5, 5.41) is 1.79. The molecule has 4 nitrogen and oxygen atoms in total. The largest absolute Gasteiger partial charge is 0.383 e. The van der Waals surface area contributed by atoms with Crippen LogP contribution in [0.4, 0.5) is 5.82 Å². The predicted molar refractivity (Wildman–Crippen MR) is 65.7 cm³/mol. The van der Waals surface area contributed by atoms with Crippen molar-refractivity contribution in [2.45, 2.75) is 32.7 Å². The Hall–Kier alpha value is -1.42. The minimum Gasteiger partial charge on any atom is -0.383 e. The number of rotatable bonds is 1. The Labute approximate surface area is 95.1 Å². The second kappa shape index (κ2) is 3.56. The van der Waals surface area contributed by atoms with Crippen LogP contribution in [0.3, 0.4) is 0 Å². The molecule has 0 spiro atoms. The van der Waals surface area contributed by atoms with E-state index in [-0.39, 0.29) is 5.54 Å². The molecular formula is C12H18N4. The monoisotopic (exact) mass is 218 g/mol. The number of hydrogen-bond acceptors (Lipinski definition) is 4. The minimum atomic E-state index is -0.319. The molecule has 0 saturated heterocycles. The number of hydrogen-bond donors (Lipinski definition) is 2. The van der Waals surface area contributed by atoms with Gasteiger partial charge in [-0.1, -0.05) is 19.9 Å². The summed E-state index contributed by atoms with van der Waals surface area (Å²) in [6, 6.07) is 0. The number of aryl methyl sites for hydroxylation is 1. The summed E-state index contributed by atoms with van der Waals surface area (Å²) in [6.45, 7) is 6.08. The van der Waals surface area contributed by atoms with E-state index in [4.69, 9.17) is 11.5 Å². The van der Waals surface area contributed by atoms with Gasteiger partial charge in [-0.25, -0.2) is 9.97 Å². The molecule has 0 aliphatic heterocycles. The van der Waals surface area contributed by atoms with E-state index in [1.54, 1.807) is 0 Å². The van der Waals surface area contributed by atoms with E-state index in [2.05, 4.69) is 23.8 Å². The molecule has 4 N–H and O–H groups in total. The first-order chi connectivity index (χ1) is 7.42. The quantitative estimate of drug-likeness (QED) is 0.677. The van der Waals surface area contributed by atoms with Gasteiger partial charge in [0.2, 0.25) is 0 Å². The number of nitrogens with zero attached hydrogens (tertiary/aromatic N) is 2. The van der Waals surface area contributed by atoms with E-state index >= 15 is 0 Å². The Morgan fingerprint density at radius 2 is 2.06 bits per heavy atom. The van der Waals surface area contributed by atoms with Crippen molar-refractivity contribution in [1.82, 2.24) is 9.97 Å². The molecule has 1 aliphatic carbocycles. The molecule has 1 aromatic rings. The van der Waals surface area contributed by atoms with Crippen LogP contribution in [0, 0.1) is 12.8 Å². The summed E-state index contributed by atoms with van der Waals surface area (Å²) in [7, 11) is 0. The van der Waals surface area contributed by atoms with Crippen molar-refractivity contribution in [1.29, 1.82) is 0 Å². The van der Waals surface area contributed by atoms with E-state index in [9.17, 15) is 0 Å². The lowest BCUT2D eigenvalue weighted by molar-refractivity contribution is 0.416. The van der Waals surface area contributed by atoms with E-state index in [1.807, 2.05) is 19.1 Å². The minimum absolute atomic E-state index is 0.319. The highest BCUT2D eigenvalue weighted by atomic mass is 14.9. The van der Waals surface area contributed by atoms with Crippen LogP contribution in [0.5, 0.6) is 0 Å². The van der Waals surface area contributed by atoms with Crippen molar-refractivity contribution in [3.05, 3.63) is 16.4 Å². The number of nitrogens with two attached hydrogens (primary N) is 2. The van der Waals surface area contributed by atoms with Crippen LogP contribution in [-0.2, 0) is 0 Å². The highest BCUT2D eigenvalue weighted by Crippen LogP contribution is 2.21. The van der Waals surface area contributed by atoms with Gasteiger partial charge in [0.25, 0.3) is 0 Å². The number of nitrogen functional groups attached to an aromatic ring is 1. The first-order valence-electron chi connectivity index (χ1n) is 5.54. The standard InChI is InChI=1S/C12H18N4/c1-7(2)12(14)5-4-9-10(6-12)15-8(3)16-11(9)13/h4,6-7H,5,14H2,1-3H3,(H2,13,15,16). The van der Waals surface area contributed by atoms with Crippen LogP contribution >= 0.6 is 0 Å². The summed E-state index contributed by atoms with van der Waals surface area (Å²) < 4.78 is 0. The summed E-state index contributed by atoms with van der Waals surface area (Å²) >= 11 is 0. The number of anilines is 1. The molecule has 86 valence electrons. The maximum Gasteiger partial charge on any atom is 0.134 e. The molecule has 16 heavy (non-hydrogen) atoms. The van der Waals surface area contributed by atoms with Crippen molar-refractivity contribution >= 4 is 18.0 Å². The molecule has 1 heterocycles. The van der Waals surface area contributed by atoms with Gasteiger partial charge in [-0.2, -0.15) is 0 Å². The molecule has 0 bridgehead atoms. The van der Waals surface area contributed by atoms with Crippen molar-refractivity contribution in [2.24, 2.45) is 11.7 Å². The van der Waals surface area contributed by atoms with Crippen LogP contribution in [0.1, 0.15) is 26.1 Å². The first kappa shape index (κ1) is 11.1. The first-order valence-corrected chi connectivity index (χ1v) is 5.54. The van der Waals surface area contributed by atoms with Crippen molar-refractivity contribution < 1.29 is 0 Å². The molecule has 0 amide bonds. The molecule has 0 radical (unpaired) electrons. The smallest absolute Gasteiger partial charge is 0.134 e. The van der Waals surface area contributed by atoms with Gasteiger partial charge >= 0.3 is 0 Å². The molecule has 2 rings (SSSR count). The molecule has 1 aromatic heterocycles. The third kappa shape index (κ3) is 1.69. The molecule has 1 unspecified atom stereocenters. The Morgan fingerprint density at radius 3 is 2.69 bits per heavy atom. The fourth-order valence-electron chi connectivity index (χ4n) is 1.94. The maximum absolute atomic E-state index is 6.33. The van der Waals surface area contributed by atoms with Gasteiger partial charge < -0.3 is 11.5 Å². The van der Waals surface area contributed by atoms with Gasteiger partial charge in [-0.15, -0.1) is 0 Å². The normalized spacial score (nSPS) is 23.6. The Morgan fingerprint density at radius 1 is 1.38 bits per heavy atom. The fourth-order valence-corrected chi connectivity index (χ4v) is 1.94. The average molecular weight is 218 g/mol. The lowest BCUT2D eigenvalue weighted by Crippen LogP contribution is -2.50. The number of aromatic nitrogens is 2. The van der Waals surface area contributed by atoms with Gasteiger partial charge in [-0.05, 0) is 25.3 Å². The maximum atomic E-state index is 6.33. The van der Waals surface area contributed by atoms with Crippen LogP contribution < -0.4 is 22.0 Å². The van der Waals surface area contributed by atoms with Crippen molar-refractivity contribution in [2.75, 3.05) is 5.73 Å². The average Bonchev–Trinajstić information content (AvgIpc) is 2.16. The van der Waals surface area contributed by atoms with Crippen LogP contribution in [0.15, 0.2) is 0 Å². The molecular weight excluding hydrogens is 200 g/mol. The Bertz CT molecular complexity index is 533. The second-order valence-corrected chi connectivity index (χ2v) is 4.77. The second-order valence-electron chi connectivity index (χ2n) is 4.77. The Balaban J connectivity index is 2.69. The highest BCUT2D eigenvalue weighted by Gasteiger charge is 2.27. The third-order valence-corrected chi connectivity index (χ3v) is 3.26. The lowest BCUT2D eigenvalue weighted by atomic mass is 9.81. The zero-order chi connectivity index (χ0) is 11.9. The van der Waals surface area contributed by atoms with Gasteiger partial charge in [0.15, 0.2) is 0 Å². The number of fused-ring (bicyclic) bond motifs is 1. The highest BCUT2D eigenvalue weighted by molar-refractivity contribution is 5.51. The SMILES string of the molecule is Cc1nc(N)c2c(n1)=CC(N)(C(C)C)CC=2. The van der Waals surface area contributed by atoms with Gasteiger partial charge in [-0.3, -0.25) is 0 Å². The van der Waals surface area contributed by atoms with Crippen molar-refractivity contribution in [3.8, 4) is 0 Å². The van der Waals surface area contributed by atoms with E-state index in [1.165, 1.54) is 0 Å². The fraction of sp³-hybridized carbons (Fsp3) is 0.500. The van der Waals surface area contributed by atoms with E-state index in [0.29, 0.717) is 17.6 Å². The van der Waals surface area contributed by atoms with E-state index in [0.717, 1.165) is 17.0 Å². The van der Waals surface area contributed by atoms with Gasteiger partial charge in [0.1, 0.15) is 11.6 Å².